The molecular weight excluding hydrogens is 641 g/mol. The molecule has 2 unspecified atom stereocenters. The van der Waals surface area contributed by atoms with Crippen molar-refractivity contribution in [1.29, 1.82) is 0 Å². The normalized spacial score (nSPS) is 12.9. The Bertz CT molecular complexity index is 1490. The number of carbonyl (C=O) groups excluding carboxylic acids is 2. The number of hydrogen-bond acceptors (Lipinski definition) is 6. The lowest BCUT2D eigenvalue weighted by atomic mass is 9.69. The number of hydrogen-bond donors (Lipinski definition) is 4. The zero-order valence-electron chi connectivity index (χ0n) is 29.1. The standard InChI is InChI=1S/2C19H24N2O.H2O4S/c2*1-15(21(2)3)14-19(18(20)22,16-10-6-4-7-11-16)17-12-8-5-9-13-17;1-5(2,3)4/h2*4-13,15H,14H2,1-3H3,(H2,20,22);(H2,1,2,3,4). The molecule has 264 valence electrons. The van der Waals surface area contributed by atoms with Crippen molar-refractivity contribution in [3.63, 3.8) is 0 Å². The molecule has 4 rings (SSSR count). The monoisotopic (exact) mass is 690 g/mol. The van der Waals surface area contributed by atoms with Gasteiger partial charge in [0.15, 0.2) is 0 Å². The summed E-state index contributed by atoms with van der Waals surface area (Å²) in [5.41, 5.74) is 14.0. The molecule has 2 amide bonds. The van der Waals surface area contributed by atoms with E-state index in [2.05, 4.69) is 23.6 Å². The summed E-state index contributed by atoms with van der Waals surface area (Å²) in [4.78, 5) is 29.4. The molecule has 0 bridgehead atoms. The van der Waals surface area contributed by atoms with Gasteiger partial charge >= 0.3 is 10.4 Å². The van der Waals surface area contributed by atoms with Gasteiger partial charge in [0, 0.05) is 12.1 Å². The predicted octanol–water partition coefficient (Wildman–Crippen LogP) is 4.94. The molecule has 0 aliphatic rings. The van der Waals surface area contributed by atoms with Crippen LogP contribution in [-0.4, -0.2) is 79.4 Å². The first kappa shape index (κ1) is 40.8. The van der Waals surface area contributed by atoms with Crippen LogP contribution in [0.25, 0.3) is 0 Å². The van der Waals surface area contributed by atoms with Crippen molar-refractivity contribution in [2.75, 3.05) is 28.2 Å². The number of amides is 2. The molecule has 49 heavy (non-hydrogen) atoms. The quantitative estimate of drug-likeness (QED) is 0.152. The fourth-order valence-electron chi connectivity index (χ4n) is 5.72. The van der Waals surface area contributed by atoms with Crippen LogP contribution >= 0.6 is 0 Å². The predicted molar refractivity (Wildman–Crippen MR) is 195 cm³/mol. The zero-order chi connectivity index (χ0) is 36.8. The van der Waals surface area contributed by atoms with E-state index in [9.17, 15) is 9.59 Å². The van der Waals surface area contributed by atoms with Gasteiger partial charge in [-0.15, -0.1) is 0 Å². The Morgan fingerprint density at radius 3 is 0.878 bits per heavy atom. The summed E-state index contributed by atoms with van der Waals surface area (Å²) in [5.74, 6) is -0.614. The van der Waals surface area contributed by atoms with E-state index in [0.29, 0.717) is 12.8 Å². The summed E-state index contributed by atoms with van der Waals surface area (Å²) in [6.07, 6.45) is 1.28. The van der Waals surface area contributed by atoms with Crippen molar-refractivity contribution in [3.05, 3.63) is 144 Å². The maximum absolute atomic E-state index is 12.6. The third kappa shape index (κ3) is 11.3. The Morgan fingerprint density at radius 1 is 0.551 bits per heavy atom. The minimum Gasteiger partial charge on any atom is -0.369 e. The number of benzene rings is 4. The highest BCUT2D eigenvalue weighted by atomic mass is 32.3. The molecule has 6 N–H and O–H groups in total. The van der Waals surface area contributed by atoms with Gasteiger partial charge in [0.05, 0.1) is 0 Å². The number of rotatable bonds is 12. The van der Waals surface area contributed by atoms with Crippen molar-refractivity contribution < 1.29 is 27.1 Å². The molecule has 11 heteroatoms. The van der Waals surface area contributed by atoms with Gasteiger partial charge < -0.3 is 21.3 Å². The largest absolute Gasteiger partial charge is 0.394 e. The first-order valence-corrected chi connectivity index (χ1v) is 17.2. The van der Waals surface area contributed by atoms with E-state index in [1.165, 1.54) is 0 Å². The maximum atomic E-state index is 12.6. The van der Waals surface area contributed by atoms with Gasteiger partial charge in [-0.25, -0.2) is 0 Å². The highest BCUT2D eigenvalue weighted by Gasteiger charge is 2.43. The van der Waals surface area contributed by atoms with E-state index >= 15 is 0 Å². The zero-order valence-corrected chi connectivity index (χ0v) is 29.9. The van der Waals surface area contributed by atoms with Crippen molar-refractivity contribution >= 4 is 22.2 Å². The first-order valence-electron chi connectivity index (χ1n) is 15.8. The fourth-order valence-corrected chi connectivity index (χ4v) is 5.72. The minimum atomic E-state index is -4.67. The van der Waals surface area contributed by atoms with Crippen LogP contribution in [0, 0.1) is 0 Å². The van der Waals surface area contributed by atoms with E-state index in [-0.39, 0.29) is 23.9 Å². The average Bonchev–Trinajstić information content (AvgIpc) is 3.06. The van der Waals surface area contributed by atoms with Crippen LogP contribution in [-0.2, 0) is 30.8 Å². The lowest BCUT2D eigenvalue weighted by Gasteiger charge is -2.36. The Balaban J connectivity index is 0.000000299. The SMILES string of the molecule is CC(CC(C(N)=O)(c1ccccc1)c1ccccc1)N(C)C.CC(CC(C(N)=O)(c1ccccc1)c1ccccc1)N(C)C.O=S(=O)(O)O. The van der Waals surface area contributed by atoms with Gasteiger partial charge in [-0.1, -0.05) is 121 Å². The van der Waals surface area contributed by atoms with Gasteiger partial charge in [-0.3, -0.25) is 18.7 Å². The molecule has 0 heterocycles. The third-order valence-corrected chi connectivity index (χ3v) is 8.87. The second-order valence-electron chi connectivity index (χ2n) is 12.5. The summed E-state index contributed by atoms with van der Waals surface area (Å²) in [6, 6.07) is 39.8. The van der Waals surface area contributed by atoms with Gasteiger partial charge in [0.1, 0.15) is 10.8 Å². The molecule has 0 spiro atoms. The molecule has 4 aromatic rings. The topological polar surface area (TPSA) is 167 Å². The van der Waals surface area contributed by atoms with Crippen LogP contribution in [0.5, 0.6) is 0 Å². The Kier molecular flexibility index (Phi) is 15.3. The second kappa shape index (κ2) is 18.4. The molecule has 10 nitrogen and oxygen atoms in total. The Hall–Kier alpha value is -4.39. The first-order chi connectivity index (χ1) is 23.0. The van der Waals surface area contributed by atoms with Gasteiger partial charge in [-0.05, 0) is 77.1 Å². The molecule has 0 saturated carbocycles. The van der Waals surface area contributed by atoms with Crippen LogP contribution in [0.3, 0.4) is 0 Å². The molecule has 0 fully saturated rings. The molecular formula is C38H50N4O6S. The van der Waals surface area contributed by atoms with Crippen molar-refractivity contribution in [2.24, 2.45) is 11.5 Å². The fraction of sp³-hybridized carbons (Fsp3) is 0.316. The molecule has 0 radical (unpaired) electrons. The van der Waals surface area contributed by atoms with E-state index in [4.69, 9.17) is 29.0 Å². The average molecular weight is 691 g/mol. The van der Waals surface area contributed by atoms with Crippen molar-refractivity contribution in [3.8, 4) is 0 Å². The van der Waals surface area contributed by atoms with E-state index in [1.54, 1.807) is 0 Å². The molecule has 0 aliphatic carbocycles. The summed E-state index contributed by atoms with van der Waals surface area (Å²) >= 11 is 0. The Labute approximate surface area is 291 Å². The van der Waals surface area contributed by atoms with Gasteiger partial charge in [-0.2, -0.15) is 8.42 Å². The maximum Gasteiger partial charge on any atom is 0.394 e. The summed E-state index contributed by atoms with van der Waals surface area (Å²) in [6.45, 7) is 4.23. The van der Waals surface area contributed by atoms with E-state index < -0.39 is 21.2 Å². The lowest BCUT2D eigenvalue weighted by Crippen LogP contribution is -2.46. The molecule has 2 atom stereocenters. The summed E-state index contributed by atoms with van der Waals surface area (Å²) < 4.78 is 31.6. The van der Waals surface area contributed by atoms with E-state index in [1.807, 2.05) is 150 Å². The minimum absolute atomic E-state index is 0.216. The van der Waals surface area contributed by atoms with Gasteiger partial charge in [0.2, 0.25) is 11.8 Å². The number of primary amides is 2. The van der Waals surface area contributed by atoms with Crippen LogP contribution in [0.2, 0.25) is 0 Å². The smallest absolute Gasteiger partial charge is 0.369 e. The number of carbonyl (C=O) groups is 2. The summed E-state index contributed by atoms with van der Waals surface area (Å²) in [5, 5.41) is 0. The van der Waals surface area contributed by atoms with Crippen molar-refractivity contribution in [2.45, 2.75) is 49.6 Å². The van der Waals surface area contributed by atoms with Crippen LogP contribution in [0.15, 0.2) is 121 Å². The third-order valence-electron chi connectivity index (χ3n) is 8.87. The summed E-state index contributed by atoms with van der Waals surface area (Å²) in [7, 11) is 3.41. The molecule has 0 aromatic heterocycles. The lowest BCUT2D eigenvalue weighted by molar-refractivity contribution is -0.123. The molecule has 0 saturated heterocycles. The molecule has 4 aromatic carbocycles. The molecule has 0 aliphatic heterocycles. The number of nitrogens with two attached hydrogens (primary N) is 2. The van der Waals surface area contributed by atoms with Crippen molar-refractivity contribution in [1.82, 2.24) is 9.80 Å². The number of nitrogens with zero attached hydrogens (tertiary/aromatic N) is 2. The van der Waals surface area contributed by atoms with Crippen LogP contribution in [0.4, 0.5) is 0 Å². The van der Waals surface area contributed by atoms with E-state index in [0.717, 1.165) is 22.3 Å². The van der Waals surface area contributed by atoms with Crippen LogP contribution < -0.4 is 11.5 Å². The highest BCUT2D eigenvalue weighted by Crippen LogP contribution is 2.38. The van der Waals surface area contributed by atoms with Crippen LogP contribution in [0.1, 0.15) is 48.9 Å². The van der Waals surface area contributed by atoms with Gasteiger partial charge in [0.25, 0.3) is 0 Å². The highest BCUT2D eigenvalue weighted by molar-refractivity contribution is 7.79. The Morgan fingerprint density at radius 2 is 0.735 bits per heavy atom. The second-order valence-corrected chi connectivity index (χ2v) is 13.4.